The van der Waals surface area contributed by atoms with Gasteiger partial charge in [0.2, 0.25) is 0 Å². The quantitative estimate of drug-likeness (QED) is 0.823. The van der Waals surface area contributed by atoms with Crippen LogP contribution in [0.2, 0.25) is 0 Å². The van der Waals surface area contributed by atoms with E-state index in [1.165, 1.54) is 22.3 Å². The molecular weight excluding hydrogens is 242 g/mol. The van der Waals surface area contributed by atoms with Gasteiger partial charge in [0.15, 0.2) is 0 Å². The third-order valence-corrected chi connectivity index (χ3v) is 3.95. The molecule has 2 aromatic carbocycles. The molecule has 0 aliphatic carbocycles. The maximum Gasteiger partial charge on any atom is 0.0101 e. The van der Waals surface area contributed by atoms with Gasteiger partial charge in [-0.3, -0.25) is 0 Å². The predicted molar refractivity (Wildman–Crippen MR) is 87.4 cm³/mol. The summed E-state index contributed by atoms with van der Waals surface area (Å²) >= 11 is 0. The van der Waals surface area contributed by atoms with Crippen LogP contribution in [0.4, 0.5) is 0 Å². The smallest absolute Gasteiger partial charge is 0.0101 e. The van der Waals surface area contributed by atoms with Crippen molar-refractivity contribution < 1.29 is 0 Å². The van der Waals surface area contributed by atoms with E-state index in [4.69, 9.17) is 0 Å². The molecule has 2 aromatic rings. The first kappa shape index (κ1) is 14.8. The Morgan fingerprint density at radius 1 is 0.900 bits per heavy atom. The van der Waals surface area contributed by atoms with Gasteiger partial charge in [0.25, 0.3) is 0 Å². The Hall–Kier alpha value is -1.60. The Balaban J connectivity index is 2.27. The topological polar surface area (TPSA) is 12.0 Å². The standard InChI is InChI=1S/C19H25N/c1-4-16-7-11-18(12-8-16)19(13-14-20-3)17-9-5-15(2)6-10-17/h5-12,19-20H,4,13-14H2,1-3H3. The largest absolute Gasteiger partial charge is 0.320 e. The minimum absolute atomic E-state index is 0.481. The van der Waals surface area contributed by atoms with E-state index in [-0.39, 0.29) is 0 Å². The van der Waals surface area contributed by atoms with E-state index in [0.29, 0.717) is 5.92 Å². The van der Waals surface area contributed by atoms with Gasteiger partial charge >= 0.3 is 0 Å². The molecule has 0 radical (unpaired) electrons. The number of nitrogens with one attached hydrogen (secondary N) is 1. The molecule has 20 heavy (non-hydrogen) atoms. The van der Waals surface area contributed by atoms with E-state index in [1.54, 1.807) is 0 Å². The number of rotatable bonds is 6. The summed E-state index contributed by atoms with van der Waals surface area (Å²) in [7, 11) is 2.02. The molecule has 0 bridgehead atoms. The highest BCUT2D eigenvalue weighted by Gasteiger charge is 2.13. The minimum atomic E-state index is 0.481. The van der Waals surface area contributed by atoms with Gasteiger partial charge in [-0.05, 0) is 50.0 Å². The first-order valence-electron chi connectivity index (χ1n) is 7.54. The Morgan fingerprint density at radius 3 is 1.95 bits per heavy atom. The molecule has 0 amide bonds. The van der Waals surface area contributed by atoms with Crippen LogP contribution in [0.3, 0.4) is 0 Å². The molecule has 1 atom stereocenters. The summed E-state index contributed by atoms with van der Waals surface area (Å²) in [6.07, 6.45) is 2.23. The van der Waals surface area contributed by atoms with E-state index in [2.05, 4.69) is 67.7 Å². The lowest BCUT2D eigenvalue weighted by atomic mass is 9.87. The van der Waals surface area contributed by atoms with Gasteiger partial charge in [0.05, 0.1) is 0 Å². The Morgan fingerprint density at radius 2 is 1.45 bits per heavy atom. The van der Waals surface area contributed by atoms with Crippen molar-refractivity contribution >= 4 is 0 Å². The lowest BCUT2D eigenvalue weighted by Gasteiger charge is -2.18. The lowest BCUT2D eigenvalue weighted by molar-refractivity contribution is 0.661. The van der Waals surface area contributed by atoms with Crippen molar-refractivity contribution in [2.75, 3.05) is 13.6 Å². The molecule has 106 valence electrons. The predicted octanol–water partition coefficient (Wildman–Crippen LogP) is 4.30. The summed E-state index contributed by atoms with van der Waals surface area (Å²) in [5, 5.41) is 3.27. The van der Waals surface area contributed by atoms with E-state index in [9.17, 15) is 0 Å². The Kier molecular flexibility index (Phi) is 5.37. The Bertz CT molecular complexity index is 510. The zero-order chi connectivity index (χ0) is 14.4. The van der Waals surface area contributed by atoms with Crippen molar-refractivity contribution in [3.8, 4) is 0 Å². The van der Waals surface area contributed by atoms with Crippen LogP contribution < -0.4 is 5.32 Å². The molecule has 1 unspecified atom stereocenters. The number of hydrogen-bond donors (Lipinski definition) is 1. The summed E-state index contributed by atoms with van der Waals surface area (Å²) in [5.41, 5.74) is 5.56. The average molecular weight is 267 g/mol. The van der Waals surface area contributed by atoms with Crippen LogP contribution in [0.5, 0.6) is 0 Å². The summed E-state index contributed by atoms with van der Waals surface area (Å²) in [6, 6.07) is 18.1. The second kappa shape index (κ2) is 7.25. The fourth-order valence-electron chi connectivity index (χ4n) is 2.60. The molecule has 1 N–H and O–H groups in total. The third kappa shape index (κ3) is 3.71. The zero-order valence-electron chi connectivity index (χ0n) is 12.8. The van der Waals surface area contributed by atoms with Crippen LogP contribution in [0.1, 0.15) is 41.5 Å². The second-order valence-corrected chi connectivity index (χ2v) is 5.45. The van der Waals surface area contributed by atoms with E-state index in [0.717, 1.165) is 19.4 Å². The summed E-state index contributed by atoms with van der Waals surface area (Å²) in [6.45, 7) is 5.38. The fraction of sp³-hybridized carbons (Fsp3) is 0.368. The zero-order valence-corrected chi connectivity index (χ0v) is 12.8. The molecule has 0 aliphatic heterocycles. The highest BCUT2D eigenvalue weighted by Crippen LogP contribution is 2.28. The van der Waals surface area contributed by atoms with Gasteiger partial charge < -0.3 is 5.32 Å². The Labute approximate surface area is 123 Å². The highest BCUT2D eigenvalue weighted by molar-refractivity contribution is 5.35. The molecule has 2 rings (SSSR count). The van der Waals surface area contributed by atoms with Crippen LogP contribution >= 0.6 is 0 Å². The molecular formula is C19H25N. The third-order valence-electron chi connectivity index (χ3n) is 3.95. The molecule has 0 saturated carbocycles. The summed E-state index contributed by atoms with van der Waals surface area (Å²) in [5.74, 6) is 0.481. The van der Waals surface area contributed by atoms with Crippen molar-refractivity contribution in [2.45, 2.75) is 32.6 Å². The van der Waals surface area contributed by atoms with E-state index < -0.39 is 0 Å². The van der Waals surface area contributed by atoms with Crippen LogP contribution in [-0.4, -0.2) is 13.6 Å². The van der Waals surface area contributed by atoms with Crippen molar-refractivity contribution in [3.05, 3.63) is 70.8 Å². The van der Waals surface area contributed by atoms with Crippen molar-refractivity contribution in [1.29, 1.82) is 0 Å². The van der Waals surface area contributed by atoms with Gasteiger partial charge in [-0.1, -0.05) is 61.0 Å². The maximum atomic E-state index is 3.27. The summed E-state index contributed by atoms with van der Waals surface area (Å²) < 4.78 is 0. The molecule has 0 saturated heterocycles. The number of aryl methyl sites for hydroxylation is 2. The van der Waals surface area contributed by atoms with Gasteiger partial charge in [0.1, 0.15) is 0 Å². The summed E-state index contributed by atoms with van der Waals surface area (Å²) in [4.78, 5) is 0. The number of hydrogen-bond acceptors (Lipinski definition) is 1. The van der Waals surface area contributed by atoms with Crippen LogP contribution in [0.25, 0.3) is 0 Å². The minimum Gasteiger partial charge on any atom is -0.320 e. The van der Waals surface area contributed by atoms with Crippen LogP contribution in [0.15, 0.2) is 48.5 Å². The first-order valence-corrected chi connectivity index (χ1v) is 7.54. The molecule has 0 heterocycles. The lowest BCUT2D eigenvalue weighted by Crippen LogP contribution is -2.13. The normalized spacial score (nSPS) is 12.3. The highest BCUT2D eigenvalue weighted by atomic mass is 14.8. The molecule has 1 heteroatoms. The maximum absolute atomic E-state index is 3.27. The molecule has 1 nitrogen and oxygen atoms in total. The van der Waals surface area contributed by atoms with Crippen LogP contribution in [0, 0.1) is 6.92 Å². The molecule has 0 aliphatic rings. The van der Waals surface area contributed by atoms with Crippen molar-refractivity contribution in [1.82, 2.24) is 5.32 Å². The van der Waals surface area contributed by atoms with Gasteiger partial charge in [0, 0.05) is 5.92 Å². The molecule has 0 aromatic heterocycles. The first-order chi connectivity index (χ1) is 9.74. The van der Waals surface area contributed by atoms with E-state index >= 15 is 0 Å². The van der Waals surface area contributed by atoms with Crippen molar-refractivity contribution in [2.24, 2.45) is 0 Å². The monoisotopic (exact) mass is 267 g/mol. The van der Waals surface area contributed by atoms with Gasteiger partial charge in [-0.2, -0.15) is 0 Å². The SMILES string of the molecule is CCc1ccc(C(CCNC)c2ccc(C)cc2)cc1. The molecule has 0 spiro atoms. The second-order valence-electron chi connectivity index (χ2n) is 5.45. The fourth-order valence-corrected chi connectivity index (χ4v) is 2.60. The number of benzene rings is 2. The molecule has 0 fully saturated rings. The van der Waals surface area contributed by atoms with Crippen LogP contribution in [-0.2, 0) is 6.42 Å². The van der Waals surface area contributed by atoms with E-state index in [1.807, 2.05) is 7.05 Å². The van der Waals surface area contributed by atoms with Gasteiger partial charge in [-0.15, -0.1) is 0 Å². The van der Waals surface area contributed by atoms with Gasteiger partial charge in [-0.25, -0.2) is 0 Å². The van der Waals surface area contributed by atoms with Crippen molar-refractivity contribution in [3.63, 3.8) is 0 Å². The average Bonchev–Trinajstić information content (AvgIpc) is 2.50.